The van der Waals surface area contributed by atoms with Crippen molar-refractivity contribution < 1.29 is 14.3 Å². The first-order valence-electron chi connectivity index (χ1n) is 5.82. The Balaban J connectivity index is 1.87. The smallest absolute Gasteiger partial charge is 0.252 e. The number of nitrogens with zero attached hydrogens (tertiary/aromatic N) is 1. The molecule has 0 spiro atoms. The summed E-state index contributed by atoms with van der Waals surface area (Å²) in [6.07, 6.45) is 3.16. The van der Waals surface area contributed by atoms with Crippen LogP contribution in [0.3, 0.4) is 0 Å². The Hall–Kier alpha value is -2.43. The van der Waals surface area contributed by atoms with E-state index in [9.17, 15) is 14.3 Å². The number of carbonyl (C=O) groups is 1. The molecule has 2 aromatic rings. The van der Waals surface area contributed by atoms with Gasteiger partial charge in [0.05, 0.1) is 11.8 Å². The number of pyridine rings is 1. The number of aromatic nitrogens is 1. The fraction of sp³-hybridized carbons (Fsp3) is 0.143. The first-order chi connectivity index (χ1) is 9.15. The van der Waals surface area contributed by atoms with E-state index in [4.69, 9.17) is 0 Å². The summed E-state index contributed by atoms with van der Waals surface area (Å²) in [4.78, 5) is 15.4. The van der Waals surface area contributed by atoms with Crippen molar-refractivity contribution in [1.82, 2.24) is 10.3 Å². The molecule has 4 nitrogen and oxygen atoms in total. The van der Waals surface area contributed by atoms with Crippen molar-refractivity contribution in [3.63, 3.8) is 0 Å². The van der Waals surface area contributed by atoms with Crippen LogP contribution in [0.5, 0.6) is 5.75 Å². The Labute approximate surface area is 109 Å². The molecule has 0 radical (unpaired) electrons. The number of nitrogens with one attached hydrogen (secondary N) is 1. The lowest BCUT2D eigenvalue weighted by molar-refractivity contribution is 0.0953. The SMILES string of the molecule is O=C(NCCc1cccc(F)c1)c1cncc(O)c1. The maximum Gasteiger partial charge on any atom is 0.252 e. The summed E-state index contributed by atoms with van der Waals surface area (Å²) in [6.45, 7) is 0.387. The zero-order valence-electron chi connectivity index (χ0n) is 10.1. The number of halogens is 1. The summed E-state index contributed by atoms with van der Waals surface area (Å²) in [5, 5.41) is 11.9. The van der Waals surface area contributed by atoms with E-state index < -0.39 is 0 Å². The number of hydrogen-bond donors (Lipinski definition) is 2. The summed E-state index contributed by atoms with van der Waals surface area (Å²) in [7, 11) is 0. The molecule has 0 bridgehead atoms. The summed E-state index contributed by atoms with van der Waals surface area (Å²) in [6, 6.07) is 7.57. The van der Waals surface area contributed by atoms with Gasteiger partial charge in [-0.3, -0.25) is 9.78 Å². The number of aromatic hydroxyl groups is 1. The molecule has 98 valence electrons. The zero-order chi connectivity index (χ0) is 13.7. The molecule has 2 N–H and O–H groups in total. The van der Waals surface area contributed by atoms with Crippen LogP contribution < -0.4 is 5.32 Å². The van der Waals surface area contributed by atoms with Gasteiger partial charge in [0.1, 0.15) is 11.6 Å². The second-order valence-corrected chi connectivity index (χ2v) is 4.07. The number of amides is 1. The molecule has 0 fully saturated rings. The van der Waals surface area contributed by atoms with E-state index in [0.717, 1.165) is 5.56 Å². The summed E-state index contributed by atoms with van der Waals surface area (Å²) >= 11 is 0. The summed E-state index contributed by atoms with van der Waals surface area (Å²) < 4.78 is 12.9. The maximum atomic E-state index is 12.9. The molecule has 0 aliphatic rings. The van der Waals surface area contributed by atoms with Crippen LogP contribution in [-0.2, 0) is 6.42 Å². The third kappa shape index (κ3) is 3.77. The Morgan fingerprint density at radius 2 is 2.16 bits per heavy atom. The van der Waals surface area contributed by atoms with Gasteiger partial charge in [0, 0.05) is 12.7 Å². The molecule has 5 heteroatoms. The molecular weight excluding hydrogens is 247 g/mol. The monoisotopic (exact) mass is 260 g/mol. The Morgan fingerprint density at radius 3 is 2.89 bits per heavy atom. The number of benzene rings is 1. The third-order valence-corrected chi connectivity index (χ3v) is 2.57. The van der Waals surface area contributed by atoms with Gasteiger partial charge >= 0.3 is 0 Å². The molecule has 0 saturated carbocycles. The van der Waals surface area contributed by atoms with E-state index in [1.165, 1.54) is 30.6 Å². The lowest BCUT2D eigenvalue weighted by Crippen LogP contribution is -2.25. The normalized spacial score (nSPS) is 10.2. The quantitative estimate of drug-likeness (QED) is 0.882. The van der Waals surface area contributed by atoms with Gasteiger partial charge < -0.3 is 10.4 Å². The van der Waals surface area contributed by atoms with Crippen molar-refractivity contribution >= 4 is 5.91 Å². The van der Waals surface area contributed by atoms with Gasteiger partial charge in [0.15, 0.2) is 0 Å². The molecule has 1 aromatic heterocycles. The molecule has 0 unspecified atom stereocenters. The average Bonchev–Trinajstić information content (AvgIpc) is 2.38. The van der Waals surface area contributed by atoms with Crippen LogP contribution in [0, 0.1) is 5.82 Å². The lowest BCUT2D eigenvalue weighted by Gasteiger charge is -2.05. The molecule has 0 aliphatic heterocycles. The van der Waals surface area contributed by atoms with Crippen LogP contribution in [0.4, 0.5) is 4.39 Å². The van der Waals surface area contributed by atoms with Crippen LogP contribution in [0.1, 0.15) is 15.9 Å². The van der Waals surface area contributed by atoms with E-state index in [2.05, 4.69) is 10.3 Å². The molecule has 1 aromatic carbocycles. The van der Waals surface area contributed by atoms with Gasteiger partial charge in [0.2, 0.25) is 0 Å². The maximum absolute atomic E-state index is 12.9. The van der Waals surface area contributed by atoms with Gasteiger partial charge in [-0.1, -0.05) is 12.1 Å². The molecule has 0 saturated heterocycles. The van der Waals surface area contributed by atoms with Gasteiger partial charge in [-0.2, -0.15) is 0 Å². The van der Waals surface area contributed by atoms with Gasteiger partial charge in [-0.15, -0.1) is 0 Å². The van der Waals surface area contributed by atoms with Gasteiger partial charge in [0.25, 0.3) is 5.91 Å². The lowest BCUT2D eigenvalue weighted by atomic mass is 10.1. The molecule has 2 rings (SSSR count). The predicted molar refractivity (Wildman–Crippen MR) is 68.3 cm³/mol. The highest BCUT2D eigenvalue weighted by Crippen LogP contribution is 2.08. The van der Waals surface area contributed by atoms with Crippen molar-refractivity contribution in [3.8, 4) is 5.75 Å². The molecule has 1 heterocycles. The Morgan fingerprint density at radius 1 is 1.32 bits per heavy atom. The fourth-order valence-corrected chi connectivity index (χ4v) is 1.67. The van der Waals surface area contributed by atoms with Crippen molar-refractivity contribution in [2.75, 3.05) is 6.54 Å². The van der Waals surface area contributed by atoms with Gasteiger partial charge in [-0.05, 0) is 30.2 Å². The number of hydrogen-bond acceptors (Lipinski definition) is 3. The number of carbonyl (C=O) groups excluding carboxylic acids is 1. The van der Waals surface area contributed by atoms with E-state index in [1.54, 1.807) is 12.1 Å². The highest BCUT2D eigenvalue weighted by Gasteiger charge is 2.06. The third-order valence-electron chi connectivity index (χ3n) is 2.57. The second kappa shape index (κ2) is 5.95. The van der Waals surface area contributed by atoms with Crippen LogP contribution in [-0.4, -0.2) is 22.5 Å². The Kier molecular flexibility index (Phi) is 4.07. The van der Waals surface area contributed by atoms with E-state index in [0.29, 0.717) is 18.5 Å². The van der Waals surface area contributed by atoms with Crippen molar-refractivity contribution in [2.24, 2.45) is 0 Å². The van der Waals surface area contributed by atoms with Gasteiger partial charge in [-0.25, -0.2) is 4.39 Å². The topological polar surface area (TPSA) is 62.2 Å². The zero-order valence-corrected chi connectivity index (χ0v) is 10.1. The summed E-state index contributed by atoms with van der Waals surface area (Å²) in [5.74, 6) is -0.668. The van der Waals surface area contributed by atoms with Crippen molar-refractivity contribution in [1.29, 1.82) is 0 Å². The molecule has 19 heavy (non-hydrogen) atoms. The Bertz CT molecular complexity index is 587. The first-order valence-corrected chi connectivity index (χ1v) is 5.82. The molecule has 0 atom stereocenters. The minimum Gasteiger partial charge on any atom is -0.506 e. The predicted octanol–water partition coefficient (Wildman–Crippen LogP) is 1.90. The second-order valence-electron chi connectivity index (χ2n) is 4.07. The van der Waals surface area contributed by atoms with Crippen LogP contribution in [0.25, 0.3) is 0 Å². The largest absolute Gasteiger partial charge is 0.506 e. The average molecular weight is 260 g/mol. The van der Waals surface area contributed by atoms with E-state index in [1.807, 2.05) is 0 Å². The van der Waals surface area contributed by atoms with Crippen LogP contribution in [0.2, 0.25) is 0 Å². The number of rotatable bonds is 4. The molecule has 1 amide bonds. The van der Waals surface area contributed by atoms with Crippen molar-refractivity contribution in [2.45, 2.75) is 6.42 Å². The highest BCUT2D eigenvalue weighted by molar-refractivity contribution is 5.94. The fourth-order valence-electron chi connectivity index (χ4n) is 1.67. The van der Waals surface area contributed by atoms with E-state index in [-0.39, 0.29) is 17.5 Å². The first kappa shape index (κ1) is 13.0. The van der Waals surface area contributed by atoms with Crippen LogP contribution in [0.15, 0.2) is 42.7 Å². The minimum absolute atomic E-state index is 0.0576. The highest BCUT2D eigenvalue weighted by atomic mass is 19.1. The van der Waals surface area contributed by atoms with Crippen LogP contribution >= 0.6 is 0 Å². The van der Waals surface area contributed by atoms with Crippen molar-refractivity contribution in [3.05, 3.63) is 59.7 Å². The van der Waals surface area contributed by atoms with E-state index >= 15 is 0 Å². The standard InChI is InChI=1S/C14H13FN2O2/c15-12-3-1-2-10(6-12)4-5-17-14(19)11-7-13(18)9-16-8-11/h1-3,6-9,18H,4-5H2,(H,17,19). The minimum atomic E-state index is -0.320. The molecular formula is C14H13FN2O2. The molecule has 0 aliphatic carbocycles. The summed E-state index contributed by atoms with van der Waals surface area (Å²) in [5.41, 5.74) is 1.11.